The number of amides is 1. The van der Waals surface area contributed by atoms with E-state index in [0.29, 0.717) is 21.2 Å². The van der Waals surface area contributed by atoms with E-state index in [0.717, 1.165) is 10.4 Å². The molecular formula is C20H13ClN2O3S. The van der Waals surface area contributed by atoms with Gasteiger partial charge in [-0.1, -0.05) is 35.9 Å². The Morgan fingerprint density at radius 3 is 2.56 bits per heavy atom. The number of para-hydroxylation sites is 1. The highest BCUT2D eigenvalue weighted by molar-refractivity contribution is 7.17. The molecule has 1 N–H and O–H groups in total. The van der Waals surface area contributed by atoms with E-state index in [4.69, 9.17) is 21.6 Å². The number of hydrogen-bond acceptors (Lipinski definition) is 5. The fourth-order valence-electron chi connectivity index (χ4n) is 2.30. The first-order valence-electron chi connectivity index (χ1n) is 7.88. The topological polar surface area (TPSA) is 79.2 Å². The normalized spacial score (nSPS) is 10.1. The maximum absolute atomic E-state index is 12.2. The molecular weight excluding hydrogens is 384 g/mol. The van der Waals surface area contributed by atoms with Crippen molar-refractivity contribution in [2.24, 2.45) is 0 Å². The van der Waals surface area contributed by atoms with Crippen LogP contribution in [0.2, 0.25) is 5.02 Å². The molecule has 2 aromatic carbocycles. The van der Waals surface area contributed by atoms with Gasteiger partial charge in [-0.25, -0.2) is 4.79 Å². The first kappa shape index (κ1) is 18.6. The highest BCUT2D eigenvalue weighted by atomic mass is 35.5. The zero-order valence-electron chi connectivity index (χ0n) is 13.9. The van der Waals surface area contributed by atoms with Crippen molar-refractivity contribution in [3.63, 3.8) is 0 Å². The molecule has 0 saturated carbocycles. The molecule has 1 heterocycles. The molecule has 0 unspecified atom stereocenters. The van der Waals surface area contributed by atoms with Gasteiger partial charge in [0.05, 0.1) is 11.3 Å². The van der Waals surface area contributed by atoms with E-state index in [1.807, 2.05) is 24.3 Å². The standard InChI is InChI=1S/C20H13ClN2O3S/c21-15-7-5-13(6-8-15)17-9-10-18(27-17)20(25)26-12-19(24)23-16-4-2-1-3-14(16)11-22/h1-10H,12H2,(H,23,24). The Hall–Kier alpha value is -3.14. The maximum atomic E-state index is 12.2. The quantitative estimate of drug-likeness (QED) is 0.632. The lowest BCUT2D eigenvalue weighted by atomic mass is 10.2. The summed E-state index contributed by atoms with van der Waals surface area (Å²) in [6.45, 7) is -0.438. The minimum Gasteiger partial charge on any atom is -0.451 e. The van der Waals surface area contributed by atoms with Crippen LogP contribution in [-0.4, -0.2) is 18.5 Å². The third kappa shape index (κ3) is 4.73. The number of halogens is 1. The number of nitrogens with zero attached hydrogens (tertiary/aromatic N) is 1. The highest BCUT2D eigenvalue weighted by Crippen LogP contribution is 2.29. The molecule has 7 heteroatoms. The fraction of sp³-hybridized carbons (Fsp3) is 0.0500. The lowest BCUT2D eigenvalue weighted by Crippen LogP contribution is -2.21. The molecule has 5 nitrogen and oxygen atoms in total. The Morgan fingerprint density at radius 2 is 1.81 bits per heavy atom. The number of thiophene rings is 1. The summed E-state index contributed by atoms with van der Waals surface area (Å²) in [6, 6.07) is 19.3. The van der Waals surface area contributed by atoms with Crippen LogP contribution < -0.4 is 5.32 Å². The fourth-order valence-corrected chi connectivity index (χ4v) is 3.33. The van der Waals surface area contributed by atoms with Gasteiger partial charge in [-0.15, -0.1) is 11.3 Å². The van der Waals surface area contributed by atoms with E-state index in [1.165, 1.54) is 11.3 Å². The minimum absolute atomic E-state index is 0.336. The molecule has 0 aliphatic heterocycles. The summed E-state index contributed by atoms with van der Waals surface area (Å²) in [6.07, 6.45) is 0. The van der Waals surface area contributed by atoms with Crippen molar-refractivity contribution in [1.82, 2.24) is 0 Å². The SMILES string of the molecule is N#Cc1ccccc1NC(=O)COC(=O)c1ccc(-c2ccc(Cl)cc2)s1. The van der Waals surface area contributed by atoms with E-state index in [9.17, 15) is 9.59 Å². The number of carbonyl (C=O) groups is 2. The first-order valence-corrected chi connectivity index (χ1v) is 9.08. The van der Waals surface area contributed by atoms with Crippen LogP contribution in [0, 0.1) is 11.3 Å². The Labute approximate surface area is 164 Å². The molecule has 0 fully saturated rings. The second-order valence-electron chi connectivity index (χ2n) is 5.45. The molecule has 0 atom stereocenters. The molecule has 1 amide bonds. The molecule has 3 aromatic rings. The molecule has 0 spiro atoms. The Bertz CT molecular complexity index is 1020. The third-order valence-electron chi connectivity index (χ3n) is 3.59. The summed E-state index contributed by atoms with van der Waals surface area (Å²) in [4.78, 5) is 25.4. The van der Waals surface area contributed by atoms with Crippen LogP contribution >= 0.6 is 22.9 Å². The van der Waals surface area contributed by atoms with Crippen LogP contribution in [0.25, 0.3) is 10.4 Å². The summed E-state index contributed by atoms with van der Waals surface area (Å²) >= 11 is 7.15. The molecule has 0 aliphatic rings. The smallest absolute Gasteiger partial charge is 0.348 e. The van der Waals surface area contributed by atoms with Gasteiger partial charge >= 0.3 is 5.97 Å². The van der Waals surface area contributed by atoms with Crippen molar-refractivity contribution in [3.8, 4) is 16.5 Å². The van der Waals surface area contributed by atoms with Crippen molar-refractivity contribution in [2.45, 2.75) is 0 Å². The molecule has 27 heavy (non-hydrogen) atoms. The number of anilines is 1. The van der Waals surface area contributed by atoms with Crippen molar-refractivity contribution in [1.29, 1.82) is 5.26 Å². The van der Waals surface area contributed by atoms with E-state index in [1.54, 1.807) is 42.5 Å². The van der Waals surface area contributed by atoms with E-state index >= 15 is 0 Å². The minimum atomic E-state index is -0.580. The van der Waals surface area contributed by atoms with Crippen molar-refractivity contribution in [2.75, 3.05) is 11.9 Å². The first-order chi connectivity index (χ1) is 13.1. The molecule has 0 radical (unpaired) electrons. The van der Waals surface area contributed by atoms with Gasteiger partial charge in [-0.2, -0.15) is 5.26 Å². The number of ether oxygens (including phenoxy) is 1. The molecule has 0 aliphatic carbocycles. The molecule has 0 bridgehead atoms. The lowest BCUT2D eigenvalue weighted by molar-refractivity contribution is -0.119. The Balaban J connectivity index is 1.59. The zero-order chi connectivity index (χ0) is 19.2. The number of carbonyl (C=O) groups excluding carboxylic acids is 2. The summed E-state index contributed by atoms with van der Waals surface area (Å²) < 4.78 is 5.06. The highest BCUT2D eigenvalue weighted by Gasteiger charge is 2.14. The summed E-state index contributed by atoms with van der Waals surface area (Å²) in [5.41, 5.74) is 1.65. The van der Waals surface area contributed by atoms with Crippen LogP contribution in [-0.2, 0) is 9.53 Å². The van der Waals surface area contributed by atoms with E-state index in [-0.39, 0.29) is 0 Å². The van der Waals surface area contributed by atoms with Gasteiger partial charge in [0.2, 0.25) is 0 Å². The van der Waals surface area contributed by atoms with Crippen LogP contribution in [0.4, 0.5) is 5.69 Å². The van der Waals surface area contributed by atoms with Gasteiger partial charge < -0.3 is 10.1 Å². The van der Waals surface area contributed by atoms with Crippen molar-refractivity contribution < 1.29 is 14.3 Å². The second kappa shape index (κ2) is 8.49. The number of nitriles is 1. The largest absolute Gasteiger partial charge is 0.451 e. The van der Waals surface area contributed by atoms with Crippen molar-refractivity contribution in [3.05, 3.63) is 76.1 Å². The predicted octanol–water partition coefficient (Wildman–Crippen LogP) is 4.74. The van der Waals surface area contributed by atoms with Crippen LogP contribution in [0.3, 0.4) is 0 Å². The molecule has 3 rings (SSSR count). The zero-order valence-corrected chi connectivity index (χ0v) is 15.5. The number of hydrogen-bond donors (Lipinski definition) is 1. The van der Waals surface area contributed by atoms with Gasteiger partial charge in [0, 0.05) is 9.90 Å². The van der Waals surface area contributed by atoms with Gasteiger partial charge in [0.25, 0.3) is 5.91 Å². The summed E-state index contributed by atoms with van der Waals surface area (Å²) in [7, 11) is 0. The van der Waals surface area contributed by atoms with Crippen LogP contribution in [0.5, 0.6) is 0 Å². The summed E-state index contributed by atoms with van der Waals surface area (Å²) in [5.74, 6) is -1.09. The molecule has 134 valence electrons. The van der Waals surface area contributed by atoms with Crippen LogP contribution in [0.1, 0.15) is 15.2 Å². The predicted molar refractivity (Wildman–Crippen MR) is 105 cm³/mol. The number of esters is 1. The van der Waals surface area contributed by atoms with Gasteiger partial charge in [0.1, 0.15) is 10.9 Å². The van der Waals surface area contributed by atoms with Crippen molar-refractivity contribution >= 4 is 40.5 Å². The average Bonchev–Trinajstić information content (AvgIpc) is 3.17. The third-order valence-corrected chi connectivity index (χ3v) is 4.96. The molecule has 1 aromatic heterocycles. The number of benzene rings is 2. The van der Waals surface area contributed by atoms with Gasteiger partial charge in [0.15, 0.2) is 6.61 Å². The van der Waals surface area contributed by atoms with Crippen LogP contribution in [0.15, 0.2) is 60.7 Å². The van der Waals surface area contributed by atoms with Gasteiger partial charge in [-0.05, 0) is 42.0 Å². The Kier molecular flexibility index (Phi) is 5.87. The summed E-state index contributed by atoms with van der Waals surface area (Å²) in [5, 5.41) is 12.2. The van der Waals surface area contributed by atoms with E-state index in [2.05, 4.69) is 5.32 Å². The van der Waals surface area contributed by atoms with E-state index < -0.39 is 18.5 Å². The monoisotopic (exact) mass is 396 g/mol. The average molecular weight is 397 g/mol. The lowest BCUT2D eigenvalue weighted by Gasteiger charge is -2.07. The van der Waals surface area contributed by atoms with Gasteiger partial charge in [-0.3, -0.25) is 4.79 Å². The molecule has 0 saturated heterocycles. The number of rotatable bonds is 5. The maximum Gasteiger partial charge on any atom is 0.348 e. The second-order valence-corrected chi connectivity index (χ2v) is 6.97. The Morgan fingerprint density at radius 1 is 1.07 bits per heavy atom. The number of nitrogens with one attached hydrogen (secondary N) is 1.